The third-order valence-corrected chi connectivity index (χ3v) is 14.3. The number of carbonyl (C=O) groups is 1. The predicted octanol–water partition coefficient (Wildman–Crippen LogP) is 8.35. The zero-order valence-corrected chi connectivity index (χ0v) is 27.5. The fourth-order valence-corrected chi connectivity index (χ4v) is 11.6. The second-order valence-electron chi connectivity index (χ2n) is 10.8. The van der Waals surface area contributed by atoms with Crippen LogP contribution in [0.5, 0.6) is 11.5 Å². The molecule has 0 radical (unpaired) electrons. The number of hydrogen-bond donors (Lipinski definition) is 0. The topological polar surface area (TPSA) is 35.5 Å². The summed E-state index contributed by atoms with van der Waals surface area (Å²) in [6.45, 7) is 4.08. The molecule has 0 aliphatic heterocycles. The quantitative estimate of drug-likeness (QED) is 0.0817. The van der Waals surface area contributed by atoms with E-state index in [0.717, 1.165) is 21.8 Å². The van der Waals surface area contributed by atoms with Crippen molar-refractivity contribution in [3.63, 3.8) is 0 Å². The molecule has 0 fully saturated rings. The summed E-state index contributed by atoms with van der Waals surface area (Å²) in [6, 6.07) is 46.3. The van der Waals surface area contributed by atoms with Gasteiger partial charge in [0.2, 0.25) is 0 Å². The van der Waals surface area contributed by atoms with Crippen LogP contribution in [-0.2, 0) is 16.4 Å². The number of benzene rings is 5. The van der Waals surface area contributed by atoms with Crippen LogP contribution in [0.2, 0.25) is 0 Å². The van der Waals surface area contributed by atoms with Crippen LogP contribution in [0.1, 0.15) is 37.8 Å². The molecule has 0 amide bonds. The average Bonchev–Trinajstić information content (AvgIpc) is 3.07. The molecule has 0 heterocycles. The van der Waals surface area contributed by atoms with Gasteiger partial charge in [0.15, 0.2) is 0 Å². The van der Waals surface area contributed by atoms with Gasteiger partial charge in [-0.25, -0.2) is 0 Å². The number of halogens is 1. The normalized spacial score (nSPS) is 12.0. The van der Waals surface area contributed by atoms with E-state index in [9.17, 15) is 4.79 Å². The van der Waals surface area contributed by atoms with E-state index in [2.05, 4.69) is 113 Å². The molecule has 5 rings (SSSR count). The fraction of sp³-hybridized carbons (Fsp3) is 0.184. The Labute approximate surface area is 264 Å². The van der Waals surface area contributed by atoms with E-state index in [1.165, 1.54) is 15.9 Å². The predicted molar refractivity (Wildman–Crippen MR) is 185 cm³/mol. The monoisotopic (exact) mass is 652 g/mol. The standard InChI is InChI=1S/C38H38BrO3P/c1-4-38(5-2,34-27-30(41-3)25-26-35(34)39)37(40)42-36-24-16-15-17-29(36)28-43(31-18-9-6-10-19-31,32-20-11-7-12-21-32)33-22-13-8-14-23-33/h6-27,43H,4-5,28H2,1-3H3. The Morgan fingerprint density at radius 3 is 1.67 bits per heavy atom. The Hall–Kier alpha value is -3.72. The average molecular weight is 654 g/mol. The SMILES string of the molecule is CCC(CC)(C(=O)Oc1ccccc1C[PH](c1ccccc1)(c1ccccc1)c1ccccc1)c1cc(OC)ccc1Br. The van der Waals surface area contributed by atoms with Crippen LogP contribution in [-0.4, -0.2) is 13.1 Å². The summed E-state index contributed by atoms with van der Waals surface area (Å²) >= 11 is 3.70. The molecule has 220 valence electrons. The number of para-hydroxylation sites is 1. The molecule has 0 saturated carbocycles. The molecule has 0 saturated heterocycles. The number of carbonyl (C=O) groups excluding carboxylic acids is 1. The van der Waals surface area contributed by atoms with Crippen LogP contribution in [0, 0.1) is 0 Å². The van der Waals surface area contributed by atoms with E-state index in [0.29, 0.717) is 24.3 Å². The number of rotatable bonds is 11. The second-order valence-corrected chi connectivity index (χ2v) is 15.6. The van der Waals surface area contributed by atoms with E-state index in [4.69, 9.17) is 9.47 Å². The summed E-state index contributed by atoms with van der Waals surface area (Å²) in [7, 11) is -0.968. The first-order valence-corrected chi connectivity index (χ1v) is 17.8. The van der Waals surface area contributed by atoms with Crippen LogP contribution in [0.3, 0.4) is 0 Å². The zero-order valence-electron chi connectivity index (χ0n) is 24.9. The molecule has 0 spiro atoms. The Kier molecular flexibility index (Phi) is 9.80. The number of hydrogen-bond acceptors (Lipinski definition) is 3. The van der Waals surface area contributed by atoms with Crippen LogP contribution < -0.4 is 25.4 Å². The van der Waals surface area contributed by atoms with E-state index < -0.39 is 12.7 Å². The van der Waals surface area contributed by atoms with E-state index in [1.54, 1.807) is 7.11 Å². The summed E-state index contributed by atoms with van der Waals surface area (Å²) in [6.07, 6.45) is 1.92. The Morgan fingerprint density at radius 1 is 0.698 bits per heavy atom. The molecule has 5 aromatic rings. The summed E-state index contributed by atoms with van der Waals surface area (Å²) < 4.78 is 12.8. The van der Waals surface area contributed by atoms with Gasteiger partial charge in [-0.1, -0.05) is 0 Å². The van der Waals surface area contributed by atoms with Gasteiger partial charge in [-0.3, -0.25) is 0 Å². The maximum atomic E-state index is 14.3. The Bertz CT molecular complexity index is 1550. The van der Waals surface area contributed by atoms with Gasteiger partial charge < -0.3 is 0 Å². The molecule has 0 aliphatic carbocycles. The van der Waals surface area contributed by atoms with E-state index >= 15 is 0 Å². The third kappa shape index (κ3) is 6.05. The van der Waals surface area contributed by atoms with Crippen molar-refractivity contribution in [2.75, 3.05) is 7.11 Å². The first-order chi connectivity index (χ1) is 21.0. The molecule has 5 aromatic carbocycles. The first kappa shape index (κ1) is 30.7. The summed E-state index contributed by atoms with van der Waals surface area (Å²) in [5.74, 6) is 1.06. The van der Waals surface area contributed by atoms with Crippen molar-refractivity contribution in [3.8, 4) is 11.5 Å². The van der Waals surface area contributed by atoms with Gasteiger partial charge in [-0.05, 0) is 0 Å². The zero-order chi connectivity index (χ0) is 30.3. The molecule has 0 bridgehead atoms. The van der Waals surface area contributed by atoms with Gasteiger partial charge in [0.25, 0.3) is 0 Å². The molecule has 0 aliphatic rings. The maximum absolute atomic E-state index is 14.3. The number of esters is 1. The van der Waals surface area contributed by atoms with Crippen molar-refractivity contribution in [3.05, 3.63) is 149 Å². The molecule has 0 N–H and O–H groups in total. The van der Waals surface area contributed by atoms with Gasteiger partial charge in [0.1, 0.15) is 0 Å². The van der Waals surface area contributed by atoms with Crippen molar-refractivity contribution < 1.29 is 14.3 Å². The summed E-state index contributed by atoms with van der Waals surface area (Å²) in [5.41, 5.74) is 1.05. The van der Waals surface area contributed by atoms with Gasteiger partial charge in [0.05, 0.1) is 0 Å². The van der Waals surface area contributed by atoms with Gasteiger partial charge >= 0.3 is 265 Å². The van der Waals surface area contributed by atoms with Crippen molar-refractivity contribution in [1.82, 2.24) is 0 Å². The summed E-state index contributed by atoms with van der Waals surface area (Å²) in [4.78, 5) is 14.3. The number of methoxy groups -OCH3 is 1. The minimum atomic E-state index is -2.61. The molecule has 0 atom stereocenters. The van der Waals surface area contributed by atoms with Crippen molar-refractivity contribution in [2.24, 2.45) is 0 Å². The van der Waals surface area contributed by atoms with Crippen LogP contribution in [0.4, 0.5) is 0 Å². The molecular formula is C38H38BrO3P. The molecule has 43 heavy (non-hydrogen) atoms. The molecule has 5 heteroatoms. The van der Waals surface area contributed by atoms with Crippen molar-refractivity contribution in [1.29, 1.82) is 0 Å². The summed E-state index contributed by atoms with van der Waals surface area (Å²) in [5, 5.41) is 3.93. The van der Waals surface area contributed by atoms with Crippen LogP contribution >= 0.6 is 23.2 Å². The van der Waals surface area contributed by atoms with Gasteiger partial charge in [0, 0.05) is 0 Å². The van der Waals surface area contributed by atoms with E-state index in [-0.39, 0.29) is 5.97 Å². The number of ether oxygens (including phenoxy) is 2. The minimum absolute atomic E-state index is 0.259. The fourth-order valence-electron chi connectivity index (χ4n) is 6.23. The molecule has 0 aromatic heterocycles. The van der Waals surface area contributed by atoms with Gasteiger partial charge in [-0.15, -0.1) is 0 Å². The molecular weight excluding hydrogens is 615 g/mol. The molecule has 3 nitrogen and oxygen atoms in total. The van der Waals surface area contributed by atoms with Gasteiger partial charge in [-0.2, -0.15) is 0 Å². The van der Waals surface area contributed by atoms with Crippen molar-refractivity contribution >= 4 is 45.1 Å². The van der Waals surface area contributed by atoms with Crippen LogP contribution in [0.15, 0.2) is 138 Å². The second kappa shape index (κ2) is 13.7. The first-order valence-electron chi connectivity index (χ1n) is 14.8. The van der Waals surface area contributed by atoms with Crippen LogP contribution in [0.25, 0.3) is 0 Å². The Balaban J connectivity index is 1.63. The van der Waals surface area contributed by atoms with Crippen molar-refractivity contribution in [2.45, 2.75) is 38.3 Å². The Morgan fingerprint density at radius 2 is 1.19 bits per heavy atom. The third-order valence-electron chi connectivity index (χ3n) is 8.72. The van der Waals surface area contributed by atoms with E-state index in [1.807, 2.05) is 50.2 Å². The molecule has 0 unspecified atom stereocenters.